The molecule has 1 saturated carbocycles. The number of rotatable bonds is 7. The van der Waals surface area contributed by atoms with E-state index < -0.39 is 34.0 Å². The fourth-order valence-electron chi connectivity index (χ4n) is 3.86. The van der Waals surface area contributed by atoms with E-state index in [1.54, 1.807) is 12.1 Å². The third-order valence-electron chi connectivity index (χ3n) is 5.47. The molecule has 11 heteroatoms. The lowest BCUT2D eigenvalue weighted by atomic mass is 9.98. The minimum Gasteiger partial charge on any atom is -0.468 e. The van der Waals surface area contributed by atoms with Crippen molar-refractivity contribution in [2.24, 2.45) is 0 Å². The van der Waals surface area contributed by atoms with Crippen LogP contribution >= 0.6 is 0 Å². The van der Waals surface area contributed by atoms with Crippen molar-refractivity contribution < 1.29 is 27.2 Å². The topological polar surface area (TPSA) is 138 Å². The van der Waals surface area contributed by atoms with Crippen LogP contribution in [0.25, 0.3) is 0 Å². The molecule has 1 spiro atoms. The van der Waals surface area contributed by atoms with Crippen LogP contribution in [0.1, 0.15) is 31.4 Å². The standard InChI is InChI=1S/C20H22N4O6S/c25-17(13-24-18(26)20(23-19(24)27)9-1-2-10-20)22-14-5-7-16(8-6-14)31(28,29)21-12-15-4-3-11-30-15/h3-8,11,21H,1-2,9-10,12-13H2,(H,22,25)(H,23,27). The number of sulfonamides is 1. The van der Waals surface area contributed by atoms with Gasteiger partial charge in [0.2, 0.25) is 15.9 Å². The van der Waals surface area contributed by atoms with Gasteiger partial charge in [-0.1, -0.05) is 12.8 Å². The fourth-order valence-corrected chi connectivity index (χ4v) is 4.85. The highest BCUT2D eigenvalue weighted by atomic mass is 32.2. The summed E-state index contributed by atoms with van der Waals surface area (Å²) in [6, 6.07) is 8.32. The number of anilines is 1. The smallest absolute Gasteiger partial charge is 0.325 e. The number of hydrogen-bond acceptors (Lipinski definition) is 6. The van der Waals surface area contributed by atoms with E-state index in [1.807, 2.05) is 0 Å². The second kappa shape index (κ2) is 8.16. The van der Waals surface area contributed by atoms with Crippen molar-refractivity contribution in [1.82, 2.24) is 14.9 Å². The zero-order valence-corrected chi connectivity index (χ0v) is 17.4. The lowest BCUT2D eigenvalue weighted by Gasteiger charge is -2.19. The summed E-state index contributed by atoms with van der Waals surface area (Å²) in [7, 11) is -3.76. The van der Waals surface area contributed by atoms with Crippen molar-refractivity contribution in [2.45, 2.75) is 42.7 Å². The number of hydrogen-bond donors (Lipinski definition) is 3. The van der Waals surface area contributed by atoms with Gasteiger partial charge >= 0.3 is 6.03 Å². The molecule has 164 valence electrons. The predicted octanol–water partition coefficient (Wildman–Crippen LogP) is 1.56. The number of carbonyl (C=O) groups is 3. The highest BCUT2D eigenvalue weighted by molar-refractivity contribution is 7.89. The number of nitrogens with zero attached hydrogens (tertiary/aromatic N) is 1. The summed E-state index contributed by atoms with van der Waals surface area (Å²) >= 11 is 0. The maximum atomic E-state index is 12.6. The summed E-state index contributed by atoms with van der Waals surface area (Å²) in [6.45, 7) is -0.390. The van der Waals surface area contributed by atoms with Crippen molar-refractivity contribution in [1.29, 1.82) is 0 Å². The lowest BCUT2D eigenvalue weighted by Crippen LogP contribution is -2.44. The lowest BCUT2D eigenvalue weighted by molar-refractivity contribution is -0.133. The molecule has 1 aromatic heterocycles. The Morgan fingerprint density at radius 2 is 1.84 bits per heavy atom. The van der Waals surface area contributed by atoms with Gasteiger partial charge in [-0.15, -0.1) is 0 Å². The van der Waals surface area contributed by atoms with Gasteiger partial charge in [-0.2, -0.15) is 0 Å². The number of furan rings is 1. The first-order valence-electron chi connectivity index (χ1n) is 9.85. The molecule has 1 aromatic carbocycles. The second-order valence-corrected chi connectivity index (χ2v) is 9.35. The summed E-state index contributed by atoms with van der Waals surface area (Å²) in [4.78, 5) is 38.1. The Bertz CT molecular complexity index is 1090. The zero-order chi connectivity index (χ0) is 22.1. The average Bonchev–Trinajstić information content (AvgIpc) is 3.47. The first kappa shape index (κ1) is 21.1. The van der Waals surface area contributed by atoms with Crippen molar-refractivity contribution in [3.63, 3.8) is 0 Å². The number of urea groups is 1. The third kappa shape index (κ3) is 4.32. The van der Waals surface area contributed by atoms with Gasteiger partial charge in [0.05, 0.1) is 17.7 Å². The average molecular weight is 446 g/mol. The Labute approximate surface area is 179 Å². The Kier molecular flexibility index (Phi) is 5.54. The monoisotopic (exact) mass is 446 g/mol. The molecule has 10 nitrogen and oxygen atoms in total. The van der Waals surface area contributed by atoms with E-state index >= 15 is 0 Å². The van der Waals surface area contributed by atoms with Crippen LogP contribution in [0.4, 0.5) is 10.5 Å². The Morgan fingerprint density at radius 1 is 1.13 bits per heavy atom. The van der Waals surface area contributed by atoms with E-state index in [0.29, 0.717) is 24.3 Å². The van der Waals surface area contributed by atoms with Crippen LogP contribution in [0, 0.1) is 0 Å². The molecule has 2 fully saturated rings. The van der Waals surface area contributed by atoms with Gasteiger partial charge in [0.25, 0.3) is 5.91 Å². The predicted molar refractivity (Wildman–Crippen MR) is 109 cm³/mol. The number of amides is 4. The van der Waals surface area contributed by atoms with Crippen LogP contribution in [-0.2, 0) is 26.2 Å². The molecule has 4 amide bonds. The van der Waals surface area contributed by atoms with E-state index in [1.165, 1.54) is 30.5 Å². The van der Waals surface area contributed by atoms with Gasteiger partial charge in [0.15, 0.2) is 0 Å². The molecule has 31 heavy (non-hydrogen) atoms. The maximum Gasteiger partial charge on any atom is 0.325 e. The minimum absolute atomic E-state index is 0.0151. The van der Waals surface area contributed by atoms with Crippen molar-refractivity contribution in [3.8, 4) is 0 Å². The van der Waals surface area contributed by atoms with Crippen molar-refractivity contribution in [3.05, 3.63) is 48.4 Å². The normalized spacial score (nSPS) is 17.9. The van der Waals surface area contributed by atoms with E-state index in [0.717, 1.165) is 17.7 Å². The largest absolute Gasteiger partial charge is 0.468 e. The summed E-state index contributed by atoms with van der Waals surface area (Å²) in [5.41, 5.74) is -0.520. The summed E-state index contributed by atoms with van der Waals surface area (Å²) in [5, 5.41) is 5.30. The van der Waals surface area contributed by atoms with Crippen molar-refractivity contribution >= 4 is 33.6 Å². The van der Waals surface area contributed by atoms with Crippen molar-refractivity contribution in [2.75, 3.05) is 11.9 Å². The van der Waals surface area contributed by atoms with Crippen LogP contribution in [0.2, 0.25) is 0 Å². The molecular weight excluding hydrogens is 424 g/mol. The van der Waals surface area contributed by atoms with Gasteiger partial charge in [0, 0.05) is 5.69 Å². The van der Waals surface area contributed by atoms with Crippen LogP contribution in [0.15, 0.2) is 52.0 Å². The molecule has 2 aliphatic rings. The first-order valence-corrected chi connectivity index (χ1v) is 11.3. The van der Waals surface area contributed by atoms with E-state index in [9.17, 15) is 22.8 Å². The van der Waals surface area contributed by atoms with Gasteiger partial charge in [-0.05, 0) is 49.2 Å². The van der Waals surface area contributed by atoms with Gasteiger partial charge < -0.3 is 15.1 Å². The molecule has 2 heterocycles. The fraction of sp³-hybridized carbons (Fsp3) is 0.350. The van der Waals surface area contributed by atoms with Gasteiger partial charge in [-0.3, -0.25) is 14.5 Å². The molecular formula is C20H22N4O6S. The highest BCUT2D eigenvalue weighted by Gasteiger charge is 2.52. The van der Waals surface area contributed by atoms with E-state index in [4.69, 9.17) is 4.42 Å². The molecule has 1 aliphatic heterocycles. The third-order valence-corrected chi connectivity index (χ3v) is 6.89. The molecule has 0 unspecified atom stereocenters. The SMILES string of the molecule is O=C(CN1C(=O)NC2(CCCC2)C1=O)Nc1ccc(S(=O)(=O)NCc2ccco2)cc1. The molecule has 0 radical (unpaired) electrons. The number of nitrogens with one attached hydrogen (secondary N) is 3. The van der Waals surface area contributed by atoms with Crippen LogP contribution in [0.3, 0.4) is 0 Å². The number of benzene rings is 1. The minimum atomic E-state index is -3.76. The Balaban J connectivity index is 1.35. The number of imide groups is 1. The first-order chi connectivity index (χ1) is 14.8. The quantitative estimate of drug-likeness (QED) is 0.552. The summed E-state index contributed by atoms with van der Waals surface area (Å²) in [6.07, 6.45) is 4.34. The molecule has 0 atom stereocenters. The van der Waals surface area contributed by atoms with Crippen LogP contribution in [0.5, 0.6) is 0 Å². The molecule has 4 rings (SSSR count). The molecule has 3 N–H and O–H groups in total. The molecule has 1 aliphatic carbocycles. The maximum absolute atomic E-state index is 12.6. The molecule has 1 saturated heterocycles. The molecule has 0 bridgehead atoms. The highest BCUT2D eigenvalue weighted by Crippen LogP contribution is 2.34. The molecule has 2 aromatic rings. The Hall–Kier alpha value is -3.18. The zero-order valence-electron chi connectivity index (χ0n) is 16.6. The van der Waals surface area contributed by atoms with E-state index in [-0.39, 0.29) is 17.3 Å². The summed E-state index contributed by atoms with van der Waals surface area (Å²) < 4.78 is 32.2. The summed E-state index contributed by atoms with van der Waals surface area (Å²) in [5.74, 6) is -0.438. The number of carbonyl (C=O) groups excluding carboxylic acids is 3. The second-order valence-electron chi connectivity index (χ2n) is 7.59. The van der Waals surface area contributed by atoms with Crippen LogP contribution in [-0.4, -0.2) is 43.2 Å². The Morgan fingerprint density at radius 3 is 2.48 bits per heavy atom. The van der Waals surface area contributed by atoms with E-state index in [2.05, 4.69) is 15.4 Å². The van der Waals surface area contributed by atoms with Crippen LogP contribution < -0.4 is 15.4 Å². The van der Waals surface area contributed by atoms with Gasteiger partial charge in [-0.25, -0.2) is 17.9 Å². The van der Waals surface area contributed by atoms with Gasteiger partial charge in [0.1, 0.15) is 17.8 Å².